The van der Waals surface area contributed by atoms with E-state index in [1.165, 1.54) is 48.2 Å². The molecule has 1 aliphatic rings. The van der Waals surface area contributed by atoms with Crippen LogP contribution in [0.25, 0.3) is 0 Å². The molecule has 1 saturated heterocycles. The summed E-state index contributed by atoms with van der Waals surface area (Å²) in [5, 5.41) is 3.44. The van der Waals surface area contributed by atoms with E-state index in [2.05, 4.69) is 39.1 Å². The van der Waals surface area contributed by atoms with Gasteiger partial charge in [0.25, 0.3) is 0 Å². The van der Waals surface area contributed by atoms with Crippen molar-refractivity contribution in [2.24, 2.45) is 0 Å². The zero-order chi connectivity index (χ0) is 11.7. The lowest BCUT2D eigenvalue weighted by Crippen LogP contribution is -2.27. The molecule has 0 aromatic heterocycles. The van der Waals surface area contributed by atoms with Crippen LogP contribution in [0.2, 0.25) is 0 Å². The van der Waals surface area contributed by atoms with Crippen LogP contribution in [-0.2, 0) is 0 Å². The fourth-order valence-electron chi connectivity index (χ4n) is 2.80. The Morgan fingerprint density at radius 2 is 1.56 bits per heavy atom. The Balaban J connectivity index is 2.40. The standard InChI is InChI=1S/C15H23N/c1-10-9-15(13(4)12(3)11(10)2)14-5-7-16-8-6-14/h9,14,16H,5-8H2,1-4H3. The first-order valence-electron chi connectivity index (χ1n) is 6.39. The fraction of sp³-hybridized carbons (Fsp3) is 0.600. The van der Waals surface area contributed by atoms with Crippen LogP contribution in [0.15, 0.2) is 6.07 Å². The first-order valence-corrected chi connectivity index (χ1v) is 6.39. The summed E-state index contributed by atoms with van der Waals surface area (Å²) in [6, 6.07) is 2.42. The quantitative estimate of drug-likeness (QED) is 0.760. The number of piperidine rings is 1. The van der Waals surface area contributed by atoms with Crippen LogP contribution in [0.5, 0.6) is 0 Å². The van der Waals surface area contributed by atoms with Crippen molar-refractivity contribution in [3.05, 3.63) is 33.9 Å². The van der Waals surface area contributed by atoms with Crippen LogP contribution in [0, 0.1) is 27.7 Å². The Hall–Kier alpha value is -0.820. The Morgan fingerprint density at radius 1 is 0.938 bits per heavy atom. The van der Waals surface area contributed by atoms with Crippen LogP contribution in [0.3, 0.4) is 0 Å². The summed E-state index contributed by atoms with van der Waals surface area (Å²) in [5.41, 5.74) is 7.54. The number of hydrogen-bond acceptors (Lipinski definition) is 1. The van der Waals surface area contributed by atoms with Crippen molar-refractivity contribution in [1.82, 2.24) is 5.32 Å². The summed E-state index contributed by atoms with van der Waals surface area (Å²) in [4.78, 5) is 0. The van der Waals surface area contributed by atoms with Gasteiger partial charge in [0.15, 0.2) is 0 Å². The molecule has 0 unspecified atom stereocenters. The van der Waals surface area contributed by atoms with Crippen molar-refractivity contribution >= 4 is 0 Å². The summed E-state index contributed by atoms with van der Waals surface area (Å²) in [6.45, 7) is 11.4. The predicted octanol–water partition coefficient (Wildman–Crippen LogP) is 3.39. The van der Waals surface area contributed by atoms with E-state index < -0.39 is 0 Å². The Kier molecular flexibility index (Phi) is 3.34. The maximum absolute atomic E-state index is 3.44. The molecule has 2 rings (SSSR count). The number of nitrogens with one attached hydrogen (secondary N) is 1. The van der Waals surface area contributed by atoms with Gasteiger partial charge in [-0.3, -0.25) is 0 Å². The molecular formula is C15H23N. The van der Waals surface area contributed by atoms with Gasteiger partial charge >= 0.3 is 0 Å². The van der Waals surface area contributed by atoms with E-state index in [0.29, 0.717) is 0 Å². The zero-order valence-corrected chi connectivity index (χ0v) is 11.0. The number of rotatable bonds is 1. The molecule has 1 heterocycles. The Labute approximate surface area is 99.3 Å². The van der Waals surface area contributed by atoms with E-state index in [9.17, 15) is 0 Å². The van der Waals surface area contributed by atoms with Crippen molar-refractivity contribution in [2.45, 2.75) is 46.5 Å². The summed E-state index contributed by atoms with van der Waals surface area (Å²) in [6.07, 6.45) is 2.59. The van der Waals surface area contributed by atoms with E-state index in [4.69, 9.17) is 0 Å². The van der Waals surface area contributed by atoms with Gasteiger partial charge in [-0.05, 0) is 87.4 Å². The second-order valence-corrected chi connectivity index (χ2v) is 5.18. The van der Waals surface area contributed by atoms with Crippen molar-refractivity contribution < 1.29 is 0 Å². The lowest BCUT2D eigenvalue weighted by Gasteiger charge is -2.26. The predicted molar refractivity (Wildman–Crippen MR) is 70.2 cm³/mol. The zero-order valence-electron chi connectivity index (χ0n) is 11.0. The third-order valence-corrected chi connectivity index (χ3v) is 4.30. The van der Waals surface area contributed by atoms with Crippen LogP contribution < -0.4 is 5.32 Å². The van der Waals surface area contributed by atoms with E-state index in [1.54, 1.807) is 5.56 Å². The lowest BCUT2D eigenvalue weighted by molar-refractivity contribution is 0.459. The van der Waals surface area contributed by atoms with Gasteiger partial charge in [-0.15, -0.1) is 0 Å². The molecule has 88 valence electrons. The second kappa shape index (κ2) is 4.58. The molecule has 0 bridgehead atoms. The number of aryl methyl sites for hydroxylation is 1. The molecule has 0 radical (unpaired) electrons. The number of benzene rings is 1. The highest BCUT2D eigenvalue weighted by Crippen LogP contribution is 2.31. The molecule has 0 saturated carbocycles. The monoisotopic (exact) mass is 217 g/mol. The van der Waals surface area contributed by atoms with Crippen LogP contribution >= 0.6 is 0 Å². The highest BCUT2D eigenvalue weighted by molar-refractivity contribution is 5.45. The Bertz CT molecular complexity index is 387. The molecule has 1 heteroatoms. The number of hydrogen-bond donors (Lipinski definition) is 1. The third kappa shape index (κ3) is 2.01. The molecule has 1 aliphatic heterocycles. The topological polar surface area (TPSA) is 12.0 Å². The van der Waals surface area contributed by atoms with Gasteiger partial charge < -0.3 is 5.32 Å². The van der Waals surface area contributed by atoms with Crippen molar-refractivity contribution in [3.8, 4) is 0 Å². The largest absolute Gasteiger partial charge is 0.317 e. The molecule has 1 fully saturated rings. The smallest absolute Gasteiger partial charge is 0.00431 e. The normalized spacial score (nSPS) is 17.8. The van der Waals surface area contributed by atoms with Gasteiger partial charge in [-0.25, -0.2) is 0 Å². The highest BCUT2D eigenvalue weighted by Gasteiger charge is 2.18. The van der Waals surface area contributed by atoms with Crippen LogP contribution in [0.1, 0.15) is 46.6 Å². The first-order chi connectivity index (χ1) is 7.61. The molecular weight excluding hydrogens is 194 g/mol. The van der Waals surface area contributed by atoms with Crippen molar-refractivity contribution in [2.75, 3.05) is 13.1 Å². The van der Waals surface area contributed by atoms with Crippen molar-refractivity contribution in [3.63, 3.8) is 0 Å². The van der Waals surface area contributed by atoms with E-state index in [0.717, 1.165) is 5.92 Å². The average molecular weight is 217 g/mol. The lowest BCUT2D eigenvalue weighted by atomic mass is 9.83. The molecule has 0 atom stereocenters. The minimum atomic E-state index is 0.777. The minimum Gasteiger partial charge on any atom is -0.317 e. The van der Waals surface area contributed by atoms with Gasteiger partial charge in [0.05, 0.1) is 0 Å². The highest BCUT2D eigenvalue weighted by atomic mass is 14.9. The van der Waals surface area contributed by atoms with Gasteiger partial charge in [0.1, 0.15) is 0 Å². The van der Waals surface area contributed by atoms with Crippen molar-refractivity contribution in [1.29, 1.82) is 0 Å². The maximum atomic E-state index is 3.44. The minimum absolute atomic E-state index is 0.777. The molecule has 1 aromatic carbocycles. The Morgan fingerprint density at radius 3 is 2.19 bits per heavy atom. The van der Waals surface area contributed by atoms with Crippen LogP contribution in [0.4, 0.5) is 0 Å². The SMILES string of the molecule is Cc1cc(C2CCNCC2)c(C)c(C)c1C. The average Bonchev–Trinajstić information content (AvgIpc) is 2.32. The molecule has 1 aromatic rings. The van der Waals surface area contributed by atoms with Gasteiger partial charge in [-0.2, -0.15) is 0 Å². The molecule has 16 heavy (non-hydrogen) atoms. The first kappa shape index (κ1) is 11.7. The van der Waals surface area contributed by atoms with Crippen LogP contribution in [-0.4, -0.2) is 13.1 Å². The summed E-state index contributed by atoms with van der Waals surface area (Å²) in [7, 11) is 0. The fourth-order valence-corrected chi connectivity index (χ4v) is 2.80. The van der Waals surface area contributed by atoms with E-state index >= 15 is 0 Å². The van der Waals surface area contributed by atoms with Gasteiger partial charge in [0.2, 0.25) is 0 Å². The van der Waals surface area contributed by atoms with E-state index in [-0.39, 0.29) is 0 Å². The summed E-state index contributed by atoms with van der Waals surface area (Å²) >= 11 is 0. The second-order valence-electron chi connectivity index (χ2n) is 5.18. The molecule has 0 spiro atoms. The van der Waals surface area contributed by atoms with Gasteiger partial charge in [0, 0.05) is 0 Å². The molecule has 1 N–H and O–H groups in total. The maximum Gasteiger partial charge on any atom is -0.00431 e. The van der Waals surface area contributed by atoms with E-state index in [1.807, 2.05) is 0 Å². The summed E-state index contributed by atoms with van der Waals surface area (Å²) < 4.78 is 0. The molecule has 1 nitrogen and oxygen atoms in total. The summed E-state index contributed by atoms with van der Waals surface area (Å²) in [5.74, 6) is 0.777. The van der Waals surface area contributed by atoms with Gasteiger partial charge in [-0.1, -0.05) is 6.07 Å². The molecule has 0 aliphatic carbocycles. The molecule has 0 amide bonds. The third-order valence-electron chi connectivity index (χ3n) is 4.30.